The highest BCUT2D eigenvalue weighted by molar-refractivity contribution is 7.92. The molecule has 0 aliphatic heterocycles. The highest BCUT2D eigenvalue weighted by Crippen LogP contribution is 2.25. The molecule has 7 heteroatoms. The van der Waals surface area contributed by atoms with E-state index >= 15 is 0 Å². The first-order valence-corrected chi connectivity index (χ1v) is 7.75. The number of hydrogen-bond donors (Lipinski definition) is 2. The molecule has 1 aromatic carbocycles. The van der Waals surface area contributed by atoms with Crippen LogP contribution in [0.3, 0.4) is 0 Å². The Kier molecular flexibility index (Phi) is 4.08. The predicted molar refractivity (Wildman–Crippen MR) is 78.3 cm³/mol. The van der Waals surface area contributed by atoms with Gasteiger partial charge >= 0.3 is 0 Å². The number of aliphatic hydroxyl groups is 1. The number of aryl methyl sites for hydroxylation is 1. The van der Waals surface area contributed by atoms with Crippen LogP contribution in [0.15, 0.2) is 35.4 Å². The standard InChI is InChI=1S/C13H15ClN2O3S/c1-9-12(14)4-3-5-13(9)15-20(18,19)11-6-10(8-17)16(2)7-11/h3-7,15,17H,8H2,1-2H3. The van der Waals surface area contributed by atoms with E-state index in [0.29, 0.717) is 22.0 Å². The molecule has 1 aromatic heterocycles. The number of halogens is 1. The summed E-state index contributed by atoms with van der Waals surface area (Å²) < 4.78 is 28.7. The van der Waals surface area contributed by atoms with Crippen molar-refractivity contribution in [3.05, 3.63) is 46.7 Å². The van der Waals surface area contributed by atoms with Crippen LogP contribution in [0, 0.1) is 6.92 Å². The van der Waals surface area contributed by atoms with Crippen molar-refractivity contribution in [3.8, 4) is 0 Å². The summed E-state index contributed by atoms with van der Waals surface area (Å²) in [6, 6.07) is 6.45. The van der Waals surface area contributed by atoms with E-state index in [4.69, 9.17) is 16.7 Å². The molecule has 0 aliphatic carbocycles. The molecule has 0 spiro atoms. The van der Waals surface area contributed by atoms with Crippen LogP contribution in [0.2, 0.25) is 5.02 Å². The van der Waals surface area contributed by atoms with Crippen molar-refractivity contribution < 1.29 is 13.5 Å². The molecular weight excluding hydrogens is 300 g/mol. The molecule has 5 nitrogen and oxygen atoms in total. The second kappa shape index (κ2) is 5.47. The first kappa shape index (κ1) is 14.9. The van der Waals surface area contributed by atoms with E-state index in [2.05, 4.69) is 4.72 Å². The molecule has 0 bridgehead atoms. The second-order valence-corrected chi connectivity index (χ2v) is 6.54. The lowest BCUT2D eigenvalue weighted by atomic mass is 10.2. The smallest absolute Gasteiger partial charge is 0.263 e. The molecule has 1 heterocycles. The zero-order valence-electron chi connectivity index (χ0n) is 11.1. The van der Waals surface area contributed by atoms with Gasteiger partial charge in [-0.25, -0.2) is 8.42 Å². The monoisotopic (exact) mass is 314 g/mol. The van der Waals surface area contributed by atoms with E-state index < -0.39 is 10.0 Å². The molecule has 0 saturated heterocycles. The fourth-order valence-electron chi connectivity index (χ4n) is 1.80. The molecule has 0 amide bonds. The molecule has 0 radical (unpaired) electrons. The molecule has 108 valence electrons. The van der Waals surface area contributed by atoms with Crippen LogP contribution < -0.4 is 4.72 Å². The van der Waals surface area contributed by atoms with Crippen LogP contribution in [0.25, 0.3) is 0 Å². The number of anilines is 1. The van der Waals surface area contributed by atoms with Gasteiger partial charge in [0.2, 0.25) is 0 Å². The number of benzene rings is 1. The third kappa shape index (κ3) is 2.82. The number of nitrogens with zero attached hydrogens (tertiary/aromatic N) is 1. The van der Waals surface area contributed by atoms with Crippen molar-refractivity contribution in [2.24, 2.45) is 7.05 Å². The first-order chi connectivity index (χ1) is 9.35. The van der Waals surface area contributed by atoms with E-state index in [-0.39, 0.29) is 11.5 Å². The largest absolute Gasteiger partial charge is 0.390 e. The summed E-state index contributed by atoms with van der Waals surface area (Å²) >= 11 is 5.97. The van der Waals surface area contributed by atoms with Gasteiger partial charge in [-0.2, -0.15) is 0 Å². The summed E-state index contributed by atoms with van der Waals surface area (Å²) in [5.74, 6) is 0. The molecule has 2 aromatic rings. The van der Waals surface area contributed by atoms with Crippen LogP contribution in [0.4, 0.5) is 5.69 Å². The topological polar surface area (TPSA) is 71.3 Å². The number of rotatable bonds is 4. The summed E-state index contributed by atoms with van der Waals surface area (Å²) in [5.41, 5.74) is 1.62. The van der Waals surface area contributed by atoms with E-state index in [0.717, 1.165) is 0 Å². The molecular formula is C13H15ClN2O3S. The SMILES string of the molecule is Cc1c(Cl)cccc1NS(=O)(=O)c1cc(CO)n(C)c1. The fourth-order valence-corrected chi connectivity index (χ4v) is 3.19. The Hall–Kier alpha value is -1.50. The van der Waals surface area contributed by atoms with Gasteiger partial charge in [0.25, 0.3) is 10.0 Å². The predicted octanol–water partition coefficient (Wildman–Crippen LogP) is 2.28. The average molecular weight is 315 g/mol. The minimum absolute atomic E-state index is 0.100. The van der Waals surface area contributed by atoms with Gasteiger partial charge in [-0.1, -0.05) is 17.7 Å². The number of aromatic nitrogens is 1. The van der Waals surface area contributed by atoms with Crippen molar-refractivity contribution in [1.82, 2.24) is 4.57 Å². The lowest BCUT2D eigenvalue weighted by molar-refractivity contribution is 0.272. The van der Waals surface area contributed by atoms with E-state index in [9.17, 15) is 8.42 Å². The molecule has 0 unspecified atom stereocenters. The lowest BCUT2D eigenvalue weighted by Gasteiger charge is -2.10. The van der Waals surface area contributed by atoms with Crippen molar-refractivity contribution in [3.63, 3.8) is 0 Å². The third-order valence-electron chi connectivity index (χ3n) is 3.07. The van der Waals surface area contributed by atoms with Gasteiger partial charge in [-0.05, 0) is 30.7 Å². The van der Waals surface area contributed by atoms with Crippen molar-refractivity contribution in [2.75, 3.05) is 4.72 Å². The Morgan fingerprint density at radius 3 is 2.70 bits per heavy atom. The number of nitrogens with one attached hydrogen (secondary N) is 1. The summed E-state index contributed by atoms with van der Waals surface area (Å²) in [4.78, 5) is 0.100. The average Bonchev–Trinajstić information content (AvgIpc) is 2.77. The van der Waals surface area contributed by atoms with Gasteiger partial charge in [0, 0.05) is 24.0 Å². The Morgan fingerprint density at radius 2 is 2.10 bits per heavy atom. The number of hydrogen-bond acceptors (Lipinski definition) is 3. The van der Waals surface area contributed by atoms with E-state index in [1.54, 1.807) is 36.7 Å². The molecule has 2 rings (SSSR count). The highest BCUT2D eigenvalue weighted by Gasteiger charge is 2.18. The molecule has 0 atom stereocenters. The summed E-state index contributed by atoms with van der Waals surface area (Å²) in [6.07, 6.45) is 1.45. The molecule has 0 saturated carbocycles. The summed E-state index contributed by atoms with van der Waals surface area (Å²) in [5, 5.41) is 9.61. The maximum absolute atomic E-state index is 12.3. The zero-order valence-corrected chi connectivity index (χ0v) is 12.7. The minimum atomic E-state index is -3.70. The summed E-state index contributed by atoms with van der Waals surface area (Å²) in [6.45, 7) is 1.52. The normalized spacial score (nSPS) is 11.6. The summed E-state index contributed by atoms with van der Waals surface area (Å²) in [7, 11) is -2.03. The van der Waals surface area contributed by atoms with Gasteiger partial charge in [0.15, 0.2) is 0 Å². The van der Waals surface area contributed by atoms with Crippen LogP contribution in [0.1, 0.15) is 11.3 Å². The van der Waals surface area contributed by atoms with E-state index in [1.807, 2.05) is 0 Å². The number of sulfonamides is 1. The maximum Gasteiger partial charge on any atom is 0.263 e. The zero-order chi connectivity index (χ0) is 14.9. The molecule has 20 heavy (non-hydrogen) atoms. The third-order valence-corrected chi connectivity index (χ3v) is 4.81. The molecule has 0 aliphatic rings. The van der Waals surface area contributed by atoms with Crippen LogP contribution >= 0.6 is 11.6 Å². The van der Waals surface area contributed by atoms with Crippen LogP contribution in [-0.4, -0.2) is 18.1 Å². The Labute approximate surface area is 122 Å². The Morgan fingerprint density at radius 1 is 1.40 bits per heavy atom. The van der Waals surface area contributed by atoms with Crippen molar-refractivity contribution in [1.29, 1.82) is 0 Å². The maximum atomic E-state index is 12.3. The highest BCUT2D eigenvalue weighted by atomic mass is 35.5. The Balaban J connectivity index is 2.38. The molecule has 2 N–H and O–H groups in total. The first-order valence-electron chi connectivity index (χ1n) is 5.89. The Bertz CT molecular complexity index is 738. The van der Waals surface area contributed by atoms with Crippen molar-refractivity contribution in [2.45, 2.75) is 18.4 Å². The minimum Gasteiger partial charge on any atom is -0.390 e. The van der Waals surface area contributed by atoms with Crippen molar-refractivity contribution >= 4 is 27.3 Å². The van der Waals surface area contributed by atoms with Gasteiger partial charge < -0.3 is 9.67 Å². The van der Waals surface area contributed by atoms with Gasteiger partial charge in [-0.3, -0.25) is 4.72 Å². The molecule has 0 fully saturated rings. The number of aliphatic hydroxyl groups excluding tert-OH is 1. The van der Waals surface area contributed by atoms with Gasteiger partial charge in [0.05, 0.1) is 12.3 Å². The van der Waals surface area contributed by atoms with E-state index in [1.165, 1.54) is 12.3 Å². The quantitative estimate of drug-likeness (QED) is 0.909. The van der Waals surface area contributed by atoms with Gasteiger partial charge in [-0.15, -0.1) is 0 Å². The lowest BCUT2D eigenvalue weighted by Crippen LogP contribution is -2.13. The second-order valence-electron chi connectivity index (χ2n) is 4.45. The van der Waals surface area contributed by atoms with Gasteiger partial charge in [0.1, 0.15) is 4.90 Å². The fraction of sp³-hybridized carbons (Fsp3) is 0.231. The van der Waals surface area contributed by atoms with Crippen LogP contribution in [0.5, 0.6) is 0 Å². The van der Waals surface area contributed by atoms with Crippen LogP contribution in [-0.2, 0) is 23.7 Å².